The predicted octanol–water partition coefficient (Wildman–Crippen LogP) is 2.63. The van der Waals surface area contributed by atoms with E-state index in [1.807, 2.05) is 30.3 Å². The highest BCUT2D eigenvalue weighted by Gasteiger charge is 2.24. The number of aromatic amines is 1. The molecule has 2 N–H and O–H groups in total. The van der Waals surface area contributed by atoms with Gasteiger partial charge in [0.25, 0.3) is 5.91 Å². The standard InChI is InChI=1S/C17H23N3O/c1-12(2)20-8-7-13(11-20)10-18-17(21)16-9-14-5-3-4-6-15(14)19-16/h3-6,9,12-13,19H,7-8,10-11H2,1-2H3,(H,18,21)/t13-/m0/s1. The van der Waals surface area contributed by atoms with E-state index < -0.39 is 0 Å². The van der Waals surface area contributed by atoms with Gasteiger partial charge in [0.05, 0.1) is 0 Å². The summed E-state index contributed by atoms with van der Waals surface area (Å²) in [7, 11) is 0. The molecule has 1 fully saturated rings. The average molecular weight is 285 g/mol. The van der Waals surface area contributed by atoms with Gasteiger partial charge in [-0.1, -0.05) is 18.2 Å². The van der Waals surface area contributed by atoms with Crippen molar-refractivity contribution in [2.45, 2.75) is 26.3 Å². The van der Waals surface area contributed by atoms with Crippen LogP contribution in [0.15, 0.2) is 30.3 Å². The summed E-state index contributed by atoms with van der Waals surface area (Å²) in [6.07, 6.45) is 1.17. The number of nitrogens with zero attached hydrogens (tertiary/aromatic N) is 1. The second-order valence-electron chi connectivity index (χ2n) is 6.22. The van der Waals surface area contributed by atoms with Crippen LogP contribution in [0.2, 0.25) is 0 Å². The number of hydrogen-bond acceptors (Lipinski definition) is 2. The first-order valence-electron chi connectivity index (χ1n) is 7.73. The zero-order valence-electron chi connectivity index (χ0n) is 12.7. The zero-order chi connectivity index (χ0) is 14.8. The van der Waals surface area contributed by atoms with Crippen molar-refractivity contribution >= 4 is 16.8 Å². The second kappa shape index (κ2) is 5.90. The van der Waals surface area contributed by atoms with Gasteiger partial charge in [0, 0.05) is 30.0 Å². The lowest BCUT2D eigenvalue weighted by Crippen LogP contribution is -2.33. The van der Waals surface area contributed by atoms with Crippen LogP contribution in [0, 0.1) is 5.92 Å². The highest BCUT2D eigenvalue weighted by molar-refractivity contribution is 5.97. The maximum Gasteiger partial charge on any atom is 0.267 e. The van der Waals surface area contributed by atoms with Crippen molar-refractivity contribution in [2.24, 2.45) is 5.92 Å². The van der Waals surface area contributed by atoms with E-state index in [9.17, 15) is 4.79 Å². The van der Waals surface area contributed by atoms with Gasteiger partial charge in [0.2, 0.25) is 0 Å². The Kier molecular flexibility index (Phi) is 3.97. The number of carbonyl (C=O) groups is 1. The molecule has 4 nitrogen and oxygen atoms in total. The third-order valence-corrected chi connectivity index (χ3v) is 4.37. The molecule has 1 amide bonds. The Balaban J connectivity index is 1.57. The molecule has 1 atom stereocenters. The smallest absolute Gasteiger partial charge is 0.267 e. The number of likely N-dealkylation sites (tertiary alicyclic amines) is 1. The van der Waals surface area contributed by atoms with Crippen molar-refractivity contribution in [3.8, 4) is 0 Å². The summed E-state index contributed by atoms with van der Waals surface area (Å²) in [6.45, 7) is 7.45. The number of amides is 1. The number of carbonyl (C=O) groups excluding carboxylic acids is 1. The molecule has 3 rings (SSSR count). The summed E-state index contributed by atoms with van der Waals surface area (Å²) in [6, 6.07) is 10.5. The maximum absolute atomic E-state index is 12.2. The van der Waals surface area contributed by atoms with Crippen molar-refractivity contribution in [3.05, 3.63) is 36.0 Å². The number of nitrogens with one attached hydrogen (secondary N) is 2. The molecule has 4 heteroatoms. The van der Waals surface area contributed by atoms with Crippen LogP contribution in [-0.4, -0.2) is 41.5 Å². The van der Waals surface area contributed by atoms with Crippen molar-refractivity contribution < 1.29 is 4.79 Å². The maximum atomic E-state index is 12.2. The SMILES string of the molecule is CC(C)N1CC[C@@H](CNC(=O)c2cc3ccccc3[nH]2)C1. The van der Waals surface area contributed by atoms with Gasteiger partial charge in [-0.05, 0) is 44.9 Å². The van der Waals surface area contributed by atoms with Crippen molar-refractivity contribution in [1.82, 2.24) is 15.2 Å². The minimum Gasteiger partial charge on any atom is -0.351 e. The van der Waals surface area contributed by atoms with Crippen molar-refractivity contribution in [3.63, 3.8) is 0 Å². The topological polar surface area (TPSA) is 48.1 Å². The summed E-state index contributed by atoms with van der Waals surface area (Å²) < 4.78 is 0. The molecule has 1 aromatic heterocycles. The van der Waals surface area contributed by atoms with Gasteiger partial charge in [-0.15, -0.1) is 0 Å². The Morgan fingerprint density at radius 1 is 1.43 bits per heavy atom. The third kappa shape index (κ3) is 3.10. The molecule has 0 spiro atoms. The van der Waals surface area contributed by atoms with Crippen LogP contribution in [-0.2, 0) is 0 Å². The molecule has 0 aliphatic carbocycles. The number of H-pyrrole nitrogens is 1. The zero-order valence-corrected chi connectivity index (χ0v) is 12.7. The molecule has 0 unspecified atom stereocenters. The van der Waals surface area contributed by atoms with E-state index in [0.717, 1.165) is 30.5 Å². The fraction of sp³-hybridized carbons (Fsp3) is 0.471. The van der Waals surface area contributed by atoms with Crippen LogP contribution in [0.1, 0.15) is 30.8 Å². The quantitative estimate of drug-likeness (QED) is 0.907. The van der Waals surface area contributed by atoms with Crippen LogP contribution in [0.5, 0.6) is 0 Å². The molecule has 1 aromatic carbocycles. The summed E-state index contributed by atoms with van der Waals surface area (Å²) in [4.78, 5) is 17.9. The largest absolute Gasteiger partial charge is 0.351 e. The van der Waals surface area contributed by atoms with Gasteiger partial charge in [-0.25, -0.2) is 0 Å². The van der Waals surface area contributed by atoms with Gasteiger partial charge >= 0.3 is 0 Å². The van der Waals surface area contributed by atoms with Gasteiger partial charge in [-0.3, -0.25) is 4.79 Å². The predicted molar refractivity (Wildman–Crippen MR) is 85.4 cm³/mol. The average Bonchev–Trinajstić information content (AvgIpc) is 3.11. The molecule has 1 saturated heterocycles. The molecule has 1 aliphatic rings. The highest BCUT2D eigenvalue weighted by atomic mass is 16.1. The summed E-state index contributed by atoms with van der Waals surface area (Å²) in [5.74, 6) is 0.565. The lowest BCUT2D eigenvalue weighted by molar-refractivity contribution is 0.0943. The van der Waals surface area contributed by atoms with Crippen molar-refractivity contribution in [2.75, 3.05) is 19.6 Å². The van der Waals surface area contributed by atoms with E-state index in [2.05, 4.69) is 29.0 Å². The number of hydrogen-bond donors (Lipinski definition) is 2. The fourth-order valence-corrected chi connectivity index (χ4v) is 3.03. The normalized spacial score (nSPS) is 19.5. The molecule has 0 saturated carbocycles. The van der Waals surface area contributed by atoms with Crippen LogP contribution in [0.4, 0.5) is 0 Å². The van der Waals surface area contributed by atoms with Gasteiger partial charge < -0.3 is 15.2 Å². The van der Waals surface area contributed by atoms with Crippen LogP contribution >= 0.6 is 0 Å². The Morgan fingerprint density at radius 2 is 2.24 bits per heavy atom. The van der Waals surface area contributed by atoms with E-state index >= 15 is 0 Å². The van der Waals surface area contributed by atoms with Crippen LogP contribution < -0.4 is 5.32 Å². The molecule has 21 heavy (non-hydrogen) atoms. The van der Waals surface area contributed by atoms with E-state index in [-0.39, 0.29) is 5.91 Å². The number of para-hydroxylation sites is 1. The molecule has 112 valence electrons. The van der Waals surface area contributed by atoms with Gasteiger partial charge in [0.1, 0.15) is 5.69 Å². The number of rotatable bonds is 4. The first-order valence-corrected chi connectivity index (χ1v) is 7.73. The van der Waals surface area contributed by atoms with E-state index in [1.165, 1.54) is 6.42 Å². The summed E-state index contributed by atoms with van der Waals surface area (Å²) in [5, 5.41) is 4.14. The van der Waals surface area contributed by atoms with Crippen LogP contribution in [0.25, 0.3) is 10.9 Å². The Morgan fingerprint density at radius 3 is 2.95 bits per heavy atom. The van der Waals surface area contributed by atoms with E-state index in [1.54, 1.807) is 0 Å². The molecule has 2 heterocycles. The fourth-order valence-electron chi connectivity index (χ4n) is 3.03. The van der Waals surface area contributed by atoms with E-state index in [4.69, 9.17) is 0 Å². The third-order valence-electron chi connectivity index (χ3n) is 4.37. The minimum atomic E-state index is -0.00537. The summed E-state index contributed by atoms with van der Waals surface area (Å²) in [5.41, 5.74) is 1.66. The molecular weight excluding hydrogens is 262 g/mol. The Labute approximate surface area is 125 Å². The Bertz CT molecular complexity index is 599. The Hall–Kier alpha value is -1.81. The monoisotopic (exact) mass is 285 g/mol. The highest BCUT2D eigenvalue weighted by Crippen LogP contribution is 2.18. The molecule has 0 bridgehead atoms. The number of fused-ring (bicyclic) bond motifs is 1. The molecule has 2 aromatic rings. The lowest BCUT2D eigenvalue weighted by atomic mass is 10.1. The van der Waals surface area contributed by atoms with Gasteiger partial charge in [-0.2, -0.15) is 0 Å². The molecule has 0 radical (unpaired) electrons. The second-order valence-corrected chi connectivity index (χ2v) is 6.22. The minimum absolute atomic E-state index is 0.00537. The van der Waals surface area contributed by atoms with Gasteiger partial charge in [0.15, 0.2) is 0 Å². The first kappa shape index (κ1) is 14.1. The number of benzene rings is 1. The molecular formula is C17H23N3O. The van der Waals surface area contributed by atoms with Crippen LogP contribution in [0.3, 0.4) is 0 Å². The van der Waals surface area contributed by atoms with Crippen molar-refractivity contribution in [1.29, 1.82) is 0 Å². The summed E-state index contributed by atoms with van der Waals surface area (Å²) >= 11 is 0. The number of aromatic nitrogens is 1. The first-order chi connectivity index (χ1) is 10.1. The molecule has 1 aliphatic heterocycles. The van der Waals surface area contributed by atoms with E-state index in [0.29, 0.717) is 17.7 Å². The lowest BCUT2D eigenvalue weighted by Gasteiger charge is -2.20.